The maximum atomic E-state index is 13.4. The molecule has 1 aliphatic rings. The summed E-state index contributed by atoms with van der Waals surface area (Å²) in [5.74, 6) is -0.369. The molecule has 0 aromatic heterocycles. The van der Waals surface area contributed by atoms with Crippen molar-refractivity contribution >= 4 is 5.91 Å². The molecule has 4 nitrogen and oxygen atoms in total. The van der Waals surface area contributed by atoms with Gasteiger partial charge in [-0.15, -0.1) is 0 Å². The van der Waals surface area contributed by atoms with Crippen LogP contribution < -0.4 is 5.32 Å². The maximum absolute atomic E-state index is 13.4. The minimum Gasteiger partial charge on any atom is -0.372 e. The normalized spacial score (nSPS) is 17.4. The van der Waals surface area contributed by atoms with Gasteiger partial charge in [-0.2, -0.15) is 0 Å². The number of likely N-dealkylation sites (tertiary alicyclic amines) is 1. The molecule has 0 unspecified atom stereocenters. The van der Waals surface area contributed by atoms with Gasteiger partial charge in [0.25, 0.3) is 5.91 Å². The molecule has 3 aromatic carbocycles. The van der Waals surface area contributed by atoms with E-state index in [-0.39, 0.29) is 11.9 Å². The van der Waals surface area contributed by atoms with Crippen LogP contribution in [-0.4, -0.2) is 35.0 Å². The zero-order valence-corrected chi connectivity index (χ0v) is 17.1. The van der Waals surface area contributed by atoms with Crippen molar-refractivity contribution in [2.24, 2.45) is 0 Å². The Labute approximate surface area is 178 Å². The third-order valence-electron chi connectivity index (χ3n) is 5.80. The number of hydrogen-bond acceptors (Lipinski definition) is 3. The lowest BCUT2D eigenvalue weighted by atomic mass is 9.85. The standard InChI is InChI=1S/C26H28N2O2/c29-25(26(30,22-13-6-2-7-14-22)23-15-8-3-9-16-23)27-24-17-10-18-28(20-24)19-21-11-4-1-5-12-21/h1-9,11-16,24,30H,10,17-20H2,(H,27,29)/t24-/m1/s1. The minimum atomic E-state index is -1.72. The summed E-state index contributed by atoms with van der Waals surface area (Å²) in [4.78, 5) is 15.8. The number of benzene rings is 3. The lowest BCUT2D eigenvalue weighted by molar-refractivity contribution is -0.137. The van der Waals surface area contributed by atoms with Crippen LogP contribution in [0.25, 0.3) is 0 Å². The average Bonchev–Trinajstić information content (AvgIpc) is 2.80. The van der Waals surface area contributed by atoms with E-state index in [1.165, 1.54) is 5.56 Å². The molecule has 4 heteroatoms. The van der Waals surface area contributed by atoms with Gasteiger partial charge in [0.05, 0.1) is 0 Å². The highest BCUT2D eigenvalue weighted by molar-refractivity contribution is 5.90. The van der Waals surface area contributed by atoms with Gasteiger partial charge >= 0.3 is 0 Å². The van der Waals surface area contributed by atoms with Crippen LogP contribution >= 0.6 is 0 Å². The van der Waals surface area contributed by atoms with Crippen LogP contribution in [0.3, 0.4) is 0 Å². The molecule has 2 N–H and O–H groups in total. The minimum absolute atomic E-state index is 0.00825. The Morgan fingerprint density at radius 1 is 0.900 bits per heavy atom. The van der Waals surface area contributed by atoms with E-state index in [4.69, 9.17) is 0 Å². The molecular weight excluding hydrogens is 372 g/mol. The van der Waals surface area contributed by atoms with E-state index in [9.17, 15) is 9.90 Å². The van der Waals surface area contributed by atoms with Crippen molar-refractivity contribution in [2.45, 2.75) is 31.0 Å². The molecule has 0 saturated carbocycles. The topological polar surface area (TPSA) is 52.6 Å². The third-order valence-corrected chi connectivity index (χ3v) is 5.80. The number of rotatable bonds is 6. The van der Waals surface area contributed by atoms with Crippen LogP contribution in [0.1, 0.15) is 29.5 Å². The Hall–Kier alpha value is -2.95. The molecule has 1 aliphatic heterocycles. The first-order chi connectivity index (χ1) is 14.7. The Kier molecular flexibility index (Phi) is 6.26. The summed E-state index contributed by atoms with van der Waals surface area (Å²) in [6.45, 7) is 2.66. The molecule has 1 amide bonds. The highest BCUT2D eigenvalue weighted by Gasteiger charge is 2.41. The van der Waals surface area contributed by atoms with E-state index in [2.05, 4.69) is 34.5 Å². The summed E-state index contributed by atoms with van der Waals surface area (Å²) in [5.41, 5.74) is 0.704. The summed E-state index contributed by atoms with van der Waals surface area (Å²) in [6, 6.07) is 28.8. The van der Waals surface area contributed by atoms with Gasteiger partial charge in [-0.25, -0.2) is 0 Å². The van der Waals surface area contributed by atoms with Gasteiger partial charge in [-0.1, -0.05) is 91.0 Å². The highest BCUT2D eigenvalue weighted by Crippen LogP contribution is 2.30. The maximum Gasteiger partial charge on any atom is 0.261 e. The predicted octanol–water partition coefficient (Wildman–Crippen LogP) is 3.70. The largest absolute Gasteiger partial charge is 0.372 e. The van der Waals surface area contributed by atoms with Gasteiger partial charge in [0.2, 0.25) is 0 Å². The Morgan fingerprint density at radius 3 is 2.00 bits per heavy atom. The average molecular weight is 401 g/mol. The fourth-order valence-electron chi connectivity index (χ4n) is 4.24. The molecule has 1 saturated heterocycles. The van der Waals surface area contributed by atoms with Crippen LogP contribution in [0.15, 0.2) is 91.0 Å². The molecule has 30 heavy (non-hydrogen) atoms. The molecule has 154 valence electrons. The first-order valence-corrected chi connectivity index (χ1v) is 10.6. The molecule has 1 heterocycles. The van der Waals surface area contributed by atoms with Crippen molar-refractivity contribution in [3.05, 3.63) is 108 Å². The summed E-state index contributed by atoms with van der Waals surface area (Å²) < 4.78 is 0. The number of carbonyl (C=O) groups excluding carboxylic acids is 1. The number of carbonyl (C=O) groups is 1. The highest BCUT2D eigenvalue weighted by atomic mass is 16.3. The number of hydrogen-bond donors (Lipinski definition) is 2. The molecule has 1 fully saturated rings. The van der Waals surface area contributed by atoms with Crippen LogP contribution in [-0.2, 0) is 16.9 Å². The van der Waals surface area contributed by atoms with Crippen LogP contribution in [0.2, 0.25) is 0 Å². The second-order valence-corrected chi connectivity index (χ2v) is 7.98. The van der Waals surface area contributed by atoms with Crippen molar-refractivity contribution in [1.29, 1.82) is 0 Å². The fraction of sp³-hybridized carbons (Fsp3) is 0.269. The van der Waals surface area contributed by atoms with E-state index in [0.717, 1.165) is 32.5 Å². The molecule has 4 rings (SSSR count). The SMILES string of the molecule is O=C(N[C@@H]1CCCN(Cc2ccccc2)C1)C(O)(c1ccccc1)c1ccccc1. The molecule has 0 radical (unpaired) electrons. The molecule has 0 spiro atoms. The lowest BCUT2D eigenvalue weighted by Gasteiger charge is -2.36. The number of aliphatic hydroxyl groups is 1. The second kappa shape index (κ2) is 9.24. The van der Waals surface area contributed by atoms with Gasteiger partial charge in [-0.3, -0.25) is 9.69 Å². The molecule has 0 aliphatic carbocycles. The van der Waals surface area contributed by atoms with E-state index in [1.54, 1.807) is 24.3 Å². The summed E-state index contributed by atoms with van der Waals surface area (Å²) in [7, 11) is 0. The Morgan fingerprint density at radius 2 is 1.43 bits per heavy atom. The van der Waals surface area contributed by atoms with Gasteiger partial charge in [0.1, 0.15) is 0 Å². The fourth-order valence-corrected chi connectivity index (χ4v) is 4.24. The van der Waals surface area contributed by atoms with Crippen molar-refractivity contribution in [2.75, 3.05) is 13.1 Å². The molecular formula is C26H28N2O2. The van der Waals surface area contributed by atoms with Gasteiger partial charge < -0.3 is 10.4 Å². The summed E-state index contributed by atoms with van der Waals surface area (Å²) in [6.07, 6.45) is 1.93. The number of nitrogens with one attached hydrogen (secondary N) is 1. The van der Waals surface area contributed by atoms with E-state index in [1.807, 2.05) is 42.5 Å². The third kappa shape index (κ3) is 4.45. The van der Waals surface area contributed by atoms with Crippen molar-refractivity contribution in [3.63, 3.8) is 0 Å². The predicted molar refractivity (Wildman–Crippen MR) is 119 cm³/mol. The van der Waals surface area contributed by atoms with E-state index >= 15 is 0 Å². The van der Waals surface area contributed by atoms with Gasteiger partial charge in [-0.05, 0) is 36.1 Å². The quantitative estimate of drug-likeness (QED) is 0.663. The number of nitrogens with zero attached hydrogens (tertiary/aromatic N) is 1. The number of amides is 1. The van der Waals surface area contributed by atoms with Crippen molar-refractivity contribution in [3.8, 4) is 0 Å². The van der Waals surface area contributed by atoms with Gasteiger partial charge in [0, 0.05) is 19.1 Å². The lowest BCUT2D eigenvalue weighted by Crippen LogP contribution is -2.53. The van der Waals surface area contributed by atoms with Crippen LogP contribution in [0.5, 0.6) is 0 Å². The first-order valence-electron chi connectivity index (χ1n) is 10.6. The van der Waals surface area contributed by atoms with Crippen molar-refractivity contribution < 1.29 is 9.90 Å². The Bertz CT molecular complexity index is 905. The first kappa shape index (κ1) is 20.3. The molecule has 0 bridgehead atoms. The second-order valence-electron chi connectivity index (χ2n) is 7.98. The van der Waals surface area contributed by atoms with Crippen molar-refractivity contribution in [1.82, 2.24) is 10.2 Å². The molecule has 3 aromatic rings. The van der Waals surface area contributed by atoms with Crippen LogP contribution in [0, 0.1) is 0 Å². The van der Waals surface area contributed by atoms with Crippen LogP contribution in [0.4, 0.5) is 0 Å². The molecule has 1 atom stereocenters. The zero-order valence-electron chi connectivity index (χ0n) is 17.1. The number of piperidine rings is 1. The Balaban J connectivity index is 1.51. The monoisotopic (exact) mass is 400 g/mol. The summed E-state index contributed by atoms with van der Waals surface area (Å²) in [5, 5.41) is 14.8. The van der Waals surface area contributed by atoms with E-state index < -0.39 is 5.60 Å². The summed E-state index contributed by atoms with van der Waals surface area (Å²) >= 11 is 0. The smallest absolute Gasteiger partial charge is 0.261 e. The zero-order chi connectivity index (χ0) is 20.8. The van der Waals surface area contributed by atoms with E-state index in [0.29, 0.717) is 11.1 Å². The van der Waals surface area contributed by atoms with Gasteiger partial charge in [0.15, 0.2) is 5.60 Å².